The molecule has 0 bridgehead atoms. The van der Waals surface area contributed by atoms with Crippen LogP contribution in [0.1, 0.15) is 30.5 Å². The van der Waals surface area contributed by atoms with Gasteiger partial charge in [-0.25, -0.2) is 0 Å². The zero-order chi connectivity index (χ0) is 23.9. The number of H-pyrrole nitrogens is 1. The molecule has 1 aliphatic rings. The van der Waals surface area contributed by atoms with Gasteiger partial charge in [-0.3, -0.25) is 19.8 Å². The van der Waals surface area contributed by atoms with Crippen LogP contribution in [0.3, 0.4) is 0 Å². The summed E-state index contributed by atoms with van der Waals surface area (Å²) in [6.45, 7) is 7.77. The highest BCUT2D eigenvalue weighted by Gasteiger charge is 2.19. The largest absolute Gasteiger partial charge is 0.480 e. The van der Waals surface area contributed by atoms with Crippen LogP contribution in [0.5, 0.6) is 0 Å². The number of hydrogen-bond acceptors (Lipinski definition) is 5. The Bertz CT molecular complexity index is 1140. The number of rotatable bonds is 9. The third kappa shape index (κ3) is 5.73. The Kier molecular flexibility index (Phi) is 7.77. The van der Waals surface area contributed by atoms with Gasteiger partial charge in [0.2, 0.25) is 0 Å². The van der Waals surface area contributed by atoms with E-state index in [-0.39, 0.29) is 12.1 Å². The van der Waals surface area contributed by atoms with Crippen molar-refractivity contribution in [3.05, 3.63) is 88.2 Å². The molecule has 2 heterocycles. The number of anilines is 1. The summed E-state index contributed by atoms with van der Waals surface area (Å²) in [5.74, 6) is -0.980. The Balaban J connectivity index is 1.40. The molecule has 1 atom stereocenters. The molecule has 34 heavy (non-hydrogen) atoms. The first kappa shape index (κ1) is 23.7. The number of aliphatic carboxylic acids is 1. The predicted octanol–water partition coefficient (Wildman–Crippen LogP) is 3.49. The topological polar surface area (TPSA) is 88.7 Å². The second kappa shape index (κ2) is 11.1. The molecule has 178 valence electrons. The van der Waals surface area contributed by atoms with E-state index in [1.54, 1.807) is 30.3 Å². The molecule has 0 spiro atoms. The average Bonchev–Trinajstić information content (AvgIpc) is 2.86. The van der Waals surface area contributed by atoms with Gasteiger partial charge in [0.1, 0.15) is 6.04 Å². The first-order valence-electron chi connectivity index (χ1n) is 11.9. The monoisotopic (exact) mass is 460 g/mol. The summed E-state index contributed by atoms with van der Waals surface area (Å²) in [5.41, 5.74) is 3.80. The molecule has 0 radical (unpaired) electrons. The summed E-state index contributed by atoms with van der Waals surface area (Å²) in [7, 11) is 0. The molecule has 7 nitrogen and oxygen atoms in total. The first-order valence-corrected chi connectivity index (χ1v) is 11.9. The Morgan fingerprint density at radius 2 is 1.71 bits per heavy atom. The molecule has 1 saturated heterocycles. The van der Waals surface area contributed by atoms with Crippen LogP contribution in [0.15, 0.2) is 71.5 Å². The van der Waals surface area contributed by atoms with Crippen LogP contribution in [-0.4, -0.2) is 53.7 Å². The van der Waals surface area contributed by atoms with Gasteiger partial charge in [-0.05, 0) is 42.3 Å². The third-order valence-corrected chi connectivity index (χ3v) is 6.32. The lowest BCUT2D eigenvalue weighted by atomic mass is 10.1. The van der Waals surface area contributed by atoms with Gasteiger partial charge < -0.3 is 15.0 Å². The minimum absolute atomic E-state index is 0.157. The molecule has 1 fully saturated rings. The molecule has 2 aromatic carbocycles. The van der Waals surface area contributed by atoms with Crippen LogP contribution in [0, 0.1) is 0 Å². The van der Waals surface area contributed by atoms with Crippen molar-refractivity contribution in [2.75, 3.05) is 37.6 Å². The number of piperazine rings is 1. The normalized spacial score (nSPS) is 15.3. The maximum absolute atomic E-state index is 12.7. The number of aromatic amines is 1. The molecule has 4 rings (SSSR count). The van der Waals surface area contributed by atoms with Crippen molar-refractivity contribution in [1.29, 1.82) is 0 Å². The number of hydrogen-bond donors (Lipinski definition) is 3. The van der Waals surface area contributed by atoms with Gasteiger partial charge in [0, 0.05) is 49.7 Å². The van der Waals surface area contributed by atoms with E-state index < -0.39 is 12.0 Å². The van der Waals surface area contributed by atoms with Gasteiger partial charge in [0.25, 0.3) is 5.56 Å². The van der Waals surface area contributed by atoms with E-state index in [4.69, 9.17) is 0 Å². The number of carboxylic acids is 1. The molecular weight excluding hydrogens is 428 g/mol. The molecule has 0 aliphatic carbocycles. The van der Waals surface area contributed by atoms with Crippen LogP contribution >= 0.6 is 0 Å². The lowest BCUT2D eigenvalue weighted by Gasteiger charge is -2.36. The summed E-state index contributed by atoms with van der Waals surface area (Å²) in [4.78, 5) is 32.2. The highest BCUT2D eigenvalue weighted by Crippen LogP contribution is 2.22. The van der Waals surface area contributed by atoms with Crippen molar-refractivity contribution in [1.82, 2.24) is 15.2 Å². The maximum Gasteiger partial charge on any atom is 0.325 e. The van der Waals surface area contributed by atoms with E-state index in [1.165, 1.54) is 12.1 Å². The van der Waals surface area contributed by atoms with Crippen molar-refractivity contribution in [2.24, 2.45) is 0 Å². The fourth-order valence-electron chi connectivity index (χ4n) is 4.41. The quantitative estimate of drug-likeness (QED) is 0.453. The van der Waals surface area contributed by atoms with Crippen molar-refractivity contribution < 1.29 is 9.90 Å². The molecule has 0 amide bonds. The fourth-order valence-corrected chi connectivity index (χ4v) is 4.41. The lowest BCUT2D eigenvalue weighted by molar-refractivity contribution is -0.139. The van der Waals surface area contributed by atoms with E-state index in [0.29, 0.717) is 11.1 Å². The van der Waals surface area contributed by atoms with Gasteiger partial charge in [-0.1, -0.05) is 55.5 Å². The molecular formula is C27H32N4O3. The van der Waals surface area contributed by atoms with E-state index in [2.05, 4.69) is 39.2 Å². The van der Waals surface area contributed by atoms with Crippen LogP contribution in [0.25, 0.3) is 11.3 Å². The Morgan fingerprint density at radius 1 is 1.00 bits per heavy atom. The summed E-state index contributed by atoms with van der Waals surface area (Å²) < 4.78 is 0. The molecule has 7 heteroatoms. The Morgan fingerprint density at radius 3 is 2.32 bits per heavy atom. The smallest absolute Gasteiger partial charge is 0.325 e. The summed E-state index contributed by atoms with van der Waals surface area (Å²) in [6.07, 6.45) is 1.19. The van der Waals surface area contributed by atoms with Gasteiger partial charge in [0.15, 0.2) is 0 Å². The molecule has 3 N–H and O–H groups in total. The van der Waals surface area contributed by atoms with E-state index in [9.17, 15) is 14.7 Å². The van der Waals surface area contributed by atoms with Crippen LogP contribution in [-0.2, 0) is 11.3 Å². The van der Waals surface area contributed by atoms with Crippen LogP contribution in [0.2, 0.25) is 0 Å². The van der Waals surface area contributed by atoms with Gasteiger partial charge >= 0.3 is 5.97 Å². The summed E-state index contributed by atoms with van der Waals surface area (Å²) in [6, 6.07) is 20.0. The summed E-state index contributed by atoms with van der Waals surface area (Å²) >= 11 is 0. The molecule has 1 aliphatic heterocycles. The summed E-state index contributed by atoms with van der Waals surface area (Å²) in [5, 5.41) is 12.5. The zero-order valence-corrected chi connectivity index (χ0v) is 19.5. The Labute approximate surface area is 200 Å². The number of carbonyl (C=O) groups is 1. The fraction of sp³-hybridized carbons (Fsp3) is 0.333. The van der Waals surface area contributed by atoms with Crippen molar-refractivity contribution in [2.45, 2.75) is 25.9 Å². The van der Waals surface area contributed by atoms with E-state index >= 15 is 0 Å². The highest BCUT2D eigenvalue weighted by molar-refractivity contribution is 5.75. The minimum atomic E-state index is -0.980. The number of nitrogens with one attached hydrogen (secondary N) is 2. The van der Waals surface area contributed by atoms with Gasteiger partial charge in [-0.15, -0.1) is 0 Å². The second-order valence-corrected chi connectivity index (χ2v) is 8.66. The van der Waals surface area contributed by atoms with Crippen LogP contribution < -0.4 is 15.8 Å². The van der Waals surface area contributed by atoms with Crippen molar-refractivity contribution in [3.63, 3.8) is 0 Å². The first-order chi connectivity index (χ1) is 16.5. The number of nitrogens with zero attached hydrogens (tertiary/aromatic N) is 2. The number of benzene rings is 2. The van der Waals surface area contributed by atoms with Gasteiger partial charge in [-0.2, -0.15) is 0 Å². The average molecular weight is 461 g/mol. The molecule has 3 aromatic rings. The minimum Gasteiger partial charge on any atom is -0.480 e. The standard InChI is InChI=1S/C27H32N4O3/c1-2-14-30-15-17-31(18-16-30)23-11-8-20(9-12-23)24-13-10-22(26(32)29-24)19-28-25(27(33)34)21-6-4-3-5-7-21/h3-13,25,28H,2,14-19H2,1H3,(H,29,32)(H,33,34)/t25-/m0/s1. The third-order valence-electron chi connectivity index (χ3n) is 6.32. The maximum atomic E-state index is 12.7. The van der Waals surface area contributed by atoms with Crippen molar-refractivity contribution in [3.8, 4) is 11.3 Å². The van der Waals surface area contributed by atoms with E-state index in [1.807, 2.05) is 24.3 Å². The lowest BCUT2D eigenvalue weighted by Crippen LogP contribution is -2.46. The number of carboxylic acid groups (broad SMARTS) is 1. The van der Waals surface area contributed by atoms with E-state index in [0.717, 1.165) is 44.0 Å². The highest BCUT2D eigenvalue weighted by atomic mass is 16.4. The Hall–Kier alpha value is -3.42. The second-order valence-electron chi connectivity index (χ2n) is 8.66. The van der Waals surface area contributed by atoms with Crippen molar-refractivity contribution >= 4 is 11.7 Å². The molecule has 0 unspecified atom stereocenters. The number of pyridine rings is 1. The van der Waals surface area contributed by atoms with Gasteiger partial charge in [0.05, 0.1) is 0 Å². The molecule has 0 saturated carbocycles. The molecule has 1 aromatic heterocycles. The van der Waals surface area contributed by atoms with Crippen LogP contribution in [0.4, 0.5) is 5.69 Å². The predicted molar refractivity (Wildman–Crippen MR) is 135 cm³/mol. The number of aromatic nitrogens is 1. The SMILES string of the molecule is CCCN1CCN(c2ccc(-c3ccc(CN[C@H](C(=O)O)c4ccccc4)c(=O)[nH]3)cc2)CC1. The zero-order valence-electron chi connectivity index (χ0n) is 19.5.